The van der Waals surface area contributed by atoms with E-state index >= 15 is 0 Å². The summed E-state index contributed by atoms with van der Waals surface area (Å²) < 4.78 is 0. The van der Waals surface area contributed by atoms with Crippen molar-refractivity contribution < 1.29 is 0 Å². The first kappa shape index (κ1) is 14.1. The molecule has 0 bridgehead atoms. The molecular formula is C15H20ClN3. The molecular weight excluding hydrogens is 258 g/mol. The number of pyridine rings is 1. The highest BCUT2D eigenvalue weighted by Gasteiger charge is 2.08. The number of hydrogen-bond donors (Lipinski definition) is 1. The molecule has 1 heterocycles. The molecule has 0 saturated heterocycles. The summed E-state index contributed by atoms with van der Waals surface area (Å²) in [5.74, 6) is 0. The molecule has 0 spiro atoms. The van der Waals surface area contributed by atoms with E-state index in [0.717, 1.165) is 42.1 Å². The van der Waals surface area contributed by atoms with Crippen molar-refractivity contribution in [3.63, 3.8) is 0 Å². The van der Waals surface area contributed by atoms with Gasteiger partial charge < -0.3 is 10.2 Å². The molecule has 19 heavy (non-hydrogen) atoms. The van der Waals surface area contributed by atoms with Gasteiger partial charge in [-0.15, -0.1) is 0 Å². The zero-order chi connectivity index (χ0) is 13.7. The first-order valence-electron chi connectivity index (χ1n) is 6.76. The van der Waals surface area contributed by atoms with Crippen LogP contribution < -0.4 is 10.2 Å². The minimum atomic E-state index is 0.729. The van der Waals surface area contributed by atoms with Crippen LogP contribution in [0.3, 0.4) is 0 Å². The lowest BCUT2D eigenvalue weighted by Gasteiger charge is -2.24. The molecule has 0 fully saturated rings. The number of anilines is 1. The van der Waals surface area contributed by atoms with Crippen LogP contribution in [0.25, 0.3) is 10.9 Å². The van der Waals surface area contributed by atoms with Crippen molar-refractivity contribution in [3.8, 4) is 0 Å². The lowest BCUT2D eigenvalue weighted by Crippen LogP contribution is -2.32. The second-order valence-electron chi connectivity index (χ2n) is 4.42. The Bertz CT molecular complexity index is 542. The van der Waals surface area contributed by atoms with Gasteiger partial charge in [-0.25, -0.2) is 0 Å². The second kappa shape index (κ2) is 6.73. The van der Waals surface area contributed by atoms with Gasteiger partial charge in [0, 0.05) is 41.9 Å². The highest BCUT2D eigenvalue weighted by atomic mass is 35.5. The molecule has 102 valence electrons. The van der Waals surface area contributed by atoms with Gasteiger partial charge in [0.05, 0.1) is 5.52 Å². The Balaban J connectivity index is 2.31. The lowest BCUT2D eigenvalue weighted by atomic mass is 10.1. The molecule has 4 heteroatoms. The van der Waals surface area contributed by atoms with E-state index in [9.17, 15) is 0 Å². The Morgan fingerprint density at radius 1 is 1.26 bits per heavy atom. The van der Waals surface area contributed by atoms with Crippen molar-refractivity contribution in [2.24, 2.45) is 0 Å². The SMILES string of the molecule is CCNCCN(CC)c1ccnc2cc(Cl)ccc12. The van der Waals surface area contributed by atoms with Crippen LogP contribution in [0.1, 0.15) is 13.8 Å². The van der Waals surface area contributed by atoms with Crippen LogP contribution in [0.2, 0.25) is 5.02 Å². The van der Waals surface area contributed by atoms with Gasteiger partial charge in [-0.05, 0) is 37.7 Å². The molecule has 3 nitrogen and oxygen atoms in total. The van der Waals surface area contributed by atoms with Gasteiger partial charge in [-0.3, -0.25) is 4.98 Å². The van der Waals surface area contributed by atoms with E-state index in [1.54, 1.807) is 0 Å². The smallest absolute Gasteiger partial charge is 0.0737 e. The summed E-state index contributed by atoms with van der Waals surface area (Å²) in [6.45, 7) is 8.26. The third-order valence-corrected chi connectivity index (χ3v) is 3.45. The summed E-state index contributed by atoms with van der Waals surface area (Å²) in [5.41, 5.74) is 2.17. The molecule has 2 rings (SSSR count). The molecule has 1 aromatic heterocycles. The van der Waals surface area contributed by atoms with Crippen LogP contribution in [-0.4, -0.2) is 31.2 Å². The van der Waals surface area contributed by atoms with Crippen molar-refractivity contribution in [1.29, 1.82) is 0 Å². The Morgan fingerprint density at radius 3 is 2.84 bits per heavy atom. The number of aromatic nitrogens is 1. The number of rotatable bonds is 6. The Labute approximate surface area is 119 Å². The molecule has 0 aliphatic heterocycles. The number of halogens is 1. The summed E-state index contributed by atoms with van der Waals surface area (Å²) in [6, 6.07) is 7.97. The van der Waals surface area contributed by atoms with Crippen LogP contribution in [0, 0.1) is 0 Å². The van der Waals surface area contributed by atoms with E-state index < -0.39 is 0 Å². The van der Waals surface area contributed by atoms with E-state index in [1.807, 2.05) is 18.3 Å². The van der Waals surface area contributed by atoms with E-state index in [1.165, 1.54) is 5.69 Å². The predicted molar refractivity (Wildman–Crippen MR) is 83.2 cm³/mol. The Hall–Kier alpha value is -1.32. The predicted octanol–water partition coefficient (Wildman–Crippen LogP) is 3.32. The molecule has 0 aliphatic carbocycles. The molecule has 0 radical (unpaired) electrons. The van der Waals surface area contributed by atoms with E-state index in [4.69, 9.17) is 11.6 Å². The minimum Gasteiger partial charge on any atom is -0.370 e. The third kappa shape index (κ3) is 3.37. The van der Waals surface area contributed by atoms with E-state index in [-0.39, 0.29) is 0 Å². The molecule has 1 N–H and O–H groups in total. The van der Waals surface area contributed by atoms with E-state index in [2.05, 4.69) is 41.2 Å². The number of likely N-dealkylation sites (N-methyl/N-ethyl adjacent to an activating group) is 2. The maximum absolute atomic E-state index is 6.02. The minimum absolute atomic E-state index is 0.729. The van der Waals surface area contributed by atoms with Gasteiger partial charge in [-0.1, -0.05) is 18.5 Å². The zero-order valence-corrected chi connectivity index (χ0v) is 12.2. The van der Waals surface area contributed by atoms with Crippen LogP contribution in [0.4, 0.5) is 5.69 Å². The molecule has 1 aromatic carbocycles. The molecule has 0 atom stereocenters. The topological polar surface area (TPSA) is 28.2 Å². The number of nitrogens with zero attached hydrogens (tertiary/aromatic N) is 2. The summed E-state index contributed by atoms with van der Waals surface area (Å²) in [4.78, 5) is 6.75. The highest BCUT2D eigenvalue weighted by molar-refractivity contribution is 6.31. The molecule has 0 unspecified atom stereocenters. The zero-order valence-electron chi connectivity index (χ0n) is 11.5. The third-order valence-electron chi connectivity index (χ3n) is 3.21. The van der Waals surface area contributed by atoms with Crippen molar-refractivity contribution in [1.82, 2.24) is 10.3 Å². The van der Waals surface area contributed by atoms with Crippen molar-refractivity contribution in [2.75, 3.05) is 31.1 Å². The first-order valence-corrected chi connectivity index (χ1v) is 7.14. The normalized spacial score (nSPS) is 10.9. The fourth-order valence-electron chi connectivity index (χ4n) is 2.22. The van der Waals surface area contributed by atoms with E-state index in [0.29, 0.717) is 0 Å². The van der Waals surface area contributed by atoms with Gasteiger partial charge in [0.1, 0.15) is 0 Å². The lowest BCUT2D eigenvalue weighted by molar-refractivity contribution is 0.689. The van der Waals surface area contributed by atoms with Crippen LogP contribution in [0.15, 0.2) is 30.5 Å². The van der Waals surface area contributed by atoms with Crippen LogP contribution in [-0.2, 0) is 0 Å². The average molecular weight is 278 g/mol. The fourth-order valence-corrected chi connectivity index (χ4v) is 2.39. The van der Waals surface area contributed by atoms with Gasteiger partial charge in [-0.2, -0.15) is 0 Å². The first-order chi connectivity index (χ1) is 9.26. The fraction of sp³-hybridized carbons (Fsp3) is 0.400. The standard InChI is InChI=1S/C15H20ClN3/c1-3-17-9-10-19(4-2)15-7-8-18-14-11-12(16)5-6-13(14)15/h5-8,11,17H,3-4,9-10H2,1-2H3. The molecule has 0 saturated carbocycles. The Kier molecular flexibility index (Phi) is 5.00. The van der Waals surface area contributed by atoms with Crippen molar-refractivity contribution >= 4 is 28.2 Å². The van der Waals surface area contributed by atoms with Crippen LogP contribution >= 0.6 is 11.6 Å². The molecule has 0 amide bonds. The maximum atomic E-state index is 6.02. The largest absolute Gasteiger partial charge is 0.370 e. The summed E-state index contributed by atoms with van der Waals surface area (Å²) in [7, 11) is 0. The summed E-state index contributed by atoms with van der Waals surface area (Å²) in [5, 5.41) is 5.25. The van der Waals surface area contributed by atoms with Crippen molar-refractivity contribution in [2.45, 2.75) is 13.8 Å². The van der Waals surface area contributed by atoms with Gasteiger partial charge in [0.25, 0.3) is 0 Å². The maximum Gasteiger partial charge on any atom is 0.0737 e. The molecule has 0 aliphatic rings. The second-order valence-corrected chi connectivity index (χ2v) is 4.86. The van der Waals surface area contributed by atoms with Gasteiger partial charge >= 0.3 is 0 Å². The molecule has 2 aromatic rings. The number of benzene rings is 1. The summed E-state index contributed by atoms with van der Waals surface area (Å²) >= 11 is 6.02. The van der Waals surface area contributed by atoms with Crippen LogP contribution in [0.5, 0.6) is 0 Å². The van der Waals surface area contributed by atoms with Gasteiger partial charge in [0.15, 0.2) is 0 Å². The van der Waals surface area contributed by atoms with Gasteiger partial charge in [0.2, 0.25) is 0 Å². The van der Waals surface area contributed by atoms with Crippen molar-refractivity contribution in [3.05, 3.63) is 35.5 Å². The Morgan fingerprint density at radius 2 is 2.11 bits per heavy atom. The monoisotopic (exact) mass is 277 g/mol. The number of fused-ring (bicyclic) bond motifs is 1. The quantitative estimate of drug-likeness (QED) is 0.821. The summed E-state index contributed by atoms with van der Waals surface area (Å²) in [6.07, 6.45) is 1.85. The number of nitrogens with one attached hydrogen (secondary N) is 1. The number of hydrogen-bond acceptors (Lipinski definition) is 3. The highest BCUT2D eigenvalue weighted by Crippen LogP contribution is 2.27. The average Bonchev–Trinajstić information content (AvgIpc) is 2.43.